The molecule has 0 heterocycles. The van der Waals surface area contributed by atoms with Gasteiger partial charge >= 0.3 is 0 Å². The minimum atomic E-state index is -3.14. The number of carbonyl (C=O) groups excluding carboxylic acids is 1. The lowest BCUT2D eigenvalue weighted by Gasteiger charge is -2.29. The molecule has 1 aliphatic carbocycles. The number of amides is 1. The van der Waals surface area contributed by atoms with E-state index >= 15 is 0 Å². The number of carbonyl (C=O) groups is 1. The average Bonchev–Trinajstić information content (AvgIpc) is 2.94. The van der Waals surface area contributed by atoms with Crippen LogP contribution in [0.15, 0.2) is 24.3 Å². The molecule has 6 heteroatoms. The van der Waals surface area contributed by atoms with Crippen LogP contribution in [0.1, 0.15) is 31.2 Å². The molecule has 5 nitrogen and oxygen atoms in total. The largest absolute Gasteiger partial charge is 0.508 e. The van der Waals surface area contributed by atoms with Gasteiger partial charge in [-0.25, -0.2) is 8.42 Å². The molecular formula is C16H23NO4S. The number of hydrogen-bond acceptors (Lipinski definition) is 4. The Bertz CT molecular complexity index is 641. The number of nitrogens with zero attached hydrogens (tertiary/aromatic N) is 1. The Morgan fingerprint density at radius 3 is 2.64 bits per heavy atom. The zero-order chi connectivity index (χ0) is 16.3. The number of phenols is 1. The van der Waals surface area contributed by atoms with Gasteiger partial charge in [0.1, 0.15) is 5.75 Å². The summed E-state index contributed by atoms with van der Waals surface area (Å²) in [6.45, 7) is 0. The third-order valence-electron chi connectivity index (χ3n) is 4.46. The standard InChI is InChI=1S/C16H23NO4S/c1-17(13-7-5-9-15(13)22(2,20)21)16(19)11-10-12-6-3-4-8-14(12)18/h3-4,6,8,13,15,18H,5,7,9-11H2,1-2H3. The summed E-state index contributed by atoms with van der Waals surface area (Å²) in [6, 6.07) is 6.71. The van der Waals surface area contributed by atoms with Crippen molar-refractivity contribution in [1.29, 1.82) is 0 Å². The number of hydrogen-bond donors (Lipinski definition) is 1. The maximum Gasteiger partial charge on any atom is 0.222 e. The van der Waals surface area contributed by atoms with Crippen molar-refractivity contribution in [2.24, 2.45) is 0 Å². The number of benzene rings is 1. The van der Waals surface area contributed by atoms with Crippen molar-refractivity contribution in [2.45, 2.75) is 43.4 Å². The number of para-hydroxylation sites is 1. The summed E-state index contributed by atoms with van der Waals surface area (Å²) in [5.41, 5.74) is 0.732. The summed E-state index contributed by atoms with van der Waals surface area (Å²) >= 11 is 0. The summed E-state index contributed by atoms with van der Waals surface area (Å²) in [4.78, 5) is 13.9. The van der Waals surface area contributed by atoms with E-state index in [1.165, 1.54) is 6.26 Å². The van der Waals surface area contributed by atoms with E-state index in [2.05, 4.69) is 0 Å². The fourth-order valence-corrected chi connectivity index (χ4v) is 4.66. The average molecular weight is 325 g/mol. The molecular weight excluding hydrogens is 302 g/mol. The molecule has 1 amide bonds. The Kier molecular flexibility index (Phi) is 5.11. The number of aromatic hydroxyl groups is 1. The maximum atomic E-state index is 12.3. The van der Waals surface area contributed by atoms with Crippen molar-refractivity contribution in [2.75, 3.05) is 13.3 Å². The molecule has 1 aromatic rings. The highest BCUT2D eigenvalue weighted by Crippen LogP contribution is 2.29. The molecule has 0 radical (unpaired) electrons. The van der Waals surface area contributed by atoms with Crippen LogP contribution in [-0.4, -0.2) is 48.9 Å². The molecule has 22 heavy (non-hydrogen) atoms. The summed E-state index contributed by atoms with van der Waals surface area (Å²) in [7, 11) is -1.46. The molecule has 0 saturated heterocycles. The Hall–Kier alpha value is -1.56. The fourth-order valence-electron chi connectivity index (χ4n) is 3.17. The quantitative estimate of drug-likeness (QED) is 0.895. The second-order valence-electron chi connectivity index (χ2n) is 6.00. The second-order valence-corrected chi connectivity index (χ2v) is 8.26. The summed E-state index contributed by atoms with van der Waals surface area (Å²) in [5, 5.41) is 9.27. The van der Waals surface area contributed by atoms with E-state index < -0.39 is 15.1 Å². The predicted molar refractivity (Wildman–Crippen MR) is 85.5 cm³/mol. The first-order valence-electron chi connectivity index (χ1n) is 7.52. The molecule has 0 aromatic heterocycles. The van der Waals surface area contributed by atoms with Gasteiger partial charge in [-0.05, 0) is 37.3 Å². The van der Waals surface area contributed by atoms with Crippen LogP contribution < -0.4 is 0 Å². The zero-order valence-corrected chi connectivity index (χ0v) is 13.8. The van der Waals surface area contributed by atoms with Crippen LogP contribution in [0, 0.1) is 0 Å². The van der Waals surface area contributed by atoms with Crippen LogP contribution in [0.5, 0.6) is 5.75 Å². The molecule has 1 saturated carbocycles. The molecule has 2 atom stereocenters. The lowest BCUT2D eigenvalue weighted by Crippen LogP contribution is -2.44. The monoisotopic (exact) mass is 325 g/mol. The molecule has 1 fully saturated rings. The van der Waals surface area contributed by atoms with Crippen molar-refractivity contribution < 1.29 is 18.3 Å². The van der Waals surface area contributed by atoms with Crippen molar-refractivity contribution in [1.82, 2.24) is 4.90 Å². The number of phenolic OH excluding ortho intramolecular Hbond substituents is 1. The SMILES string of the molecule is CN(C(=O)CCc1ccccc1O)C1CCCC1S(C)(=O)=O. The van der Waals surface area contributed by atoms with Gasteiger partial charge < -0.3 is 10.0 Å². The molecule has 0 aliphatic heterocycles. The fraction of sp³-hybridized carbons (Fsp3) is 0.562. The molecule has 2 unspecified atom stereocenters. The Morgan fingerprint density at radius 1 is 1.32 bits per heavy atom. The smallest absolute Gasteiger partial charge is 0.222 e. The highest BCUT2D eigenvalue weighted by atomic mass is 32.2. The Labute approximate surface area is 131 Å². The van der Waals surface area contributed by atoms with Crippen molar-refractivity contribution >= 4 is 15.7 Å². The number of aryl methyl sites for hydroxylation is 1. The molecule has 1 aliphatic rings. The van der Waals surface area contributed by atoms with Gasteiger partial charge in [0, 0.05) is 25.8 Å². The number of sulfone groups is 1. The van der Waals surface area contributed by atoms with Gasteiger partial charge in [-0.3, -0.25) is 4.79 Å². The van der Waals surface area contributed by atoms with Gasteiger partial charge in [0.05, 0.1) is 5.25 Å². The van der Waals surface area contributed by atoms with Crippen LogP contribution in [0.2, 0.25) is 0 Å². The molecule has 0 spiro atoms. The highest BCUT2D eigenvalue weighted by molar-refractivity contribution is 7.91. The van der Waals surface area contributed by atoms with Gasteiger partial charge in [-0.2, -0.15) is 0 Å². The molecule has 1 N–H and O–H groups in total. The van der Waals surface area contributed by atoms with E-state index in [1.54, 1.807) is 30.1 Å². The minimum Gasteiger partial charge on any atom is -0.508 e. The zero-order valence-electron chi connectivity index (χ0n) is 13.0. The number of rotatable bonds is 5. The van der Waals surface area contributed by atoms with Crippen molar-refractivity contribution in [3.05, 3.63) is 29.8 Å². The molecule has 1 aromatic carbocycles. The molecule has 122 valence electrons. The van der Waals surface area contributed by atoms with E-state index in [0.717, 1.165) is 18.4 Å². The van der Waals surface area contributed by atoms with Crippen LogP contribution in [0.3, 0.4) is 0 Å². The van der Waals surface area contributed by atoms with Crippen LogP contribution in [-0.2, 0) is 21.1 Å². The normalized spacial score (nSPS) is 21.7. The summed E-state index contributed by atoms with van der Waals surface area (Å²) in [5.74, 6) is 0.108. The minimum absolute atomic E-state index is 0.0798. The van der Waals surface area contributed by atoms with Gasteiger partial charge in [0.15, 0.2) is 9.84 Å². The third-order valence-corrected chi connectivity index (χ3v) is 6.11. The van der Waals surface area contributed by atoms with Gasteiger partial charge in [0.25, 0.3) is 0 Å². The van der Waals surface area contributed by atoms with Crippen molar-refractivity contribution in [3.8, 4) is 5.75 Å². The van der Waals surface area contributed by atoms with Crippen molar-refractivity contribution in [3.63, 3.8) is 0 Å². The van der Waals surface area contributed by atoms with Gasteiger partial charge in [-0.15, -0.1) is 0 Å². The Morgan fingerprint density at radius 2 is 2.00 bits per heavy atom. The van der Waals surface area contributed by atoms with Gasteiger partial charge in [-0.1, -0.05) is 18.2 Å². The van der Waals surface area contributed by atoms with E-state index in [4.69, 9.17) is 0 Å². The molecule has 2 rings (SSSR count). The summed E-state index contributed by atoms with van der Waals surface area (Å²) < 4.78 is 23.6. The lowest BCUT2D eigenvalue weighted by molar-refractivity contribution is -0.131. The first kappa shape index (κ1) is 16.8. The topological polar surface area (TPSA) is 74.7 Å². The van der Waals surface area contributed by atoms with Crippen LogP contribution >= 0.6 is 0 Å². The first-order valence-corrected chi connectivity index (χ1v) is 9.47. The highest BCUT2D eigenvalue weighted by Gasteiger charge is 2.38. The lowest BCUT2D eigenvalue weighted by atomic mass is 10.1. The van der Waals surface area contributed by atoms with Crippen LogP contribution in [0.4, 0.5) is 0 Å². The van der Waals surface area contributed by atoms with E-state index in [-0.39, 0.29) is 24.1 Å². The second kappa shape index (κ2) is 6.69. The maximum absolute atomic E-state index is 12.3. The summed E-state index contributed by atoms with van der Waals surface area (Å²) in [6.07, 6.45) is 4.15. The van der Waals surface area contributed by atoms with E-state index in [1.807, 2.05) is 6.07 Å². The predicted octanol–water partition coefficient (Wildman–Crippen LogP) is 1.75. The van der Waals surface area contributed by atoms with Crippen LogP contribution in [0.25, 0.3) is 0 Å². The third kappa shape index (κ3) is 3.80. The molecule has 0 bridgehead atoms. The van der Waals surface area contributed by atoms with E-state index in [9.17, 15) is 18.3 Å². The van der Waals surface area contributed by atoms with E-state index in [0.29, 0.717) is 12.8 Å². The Balaban J connectivity index is 1.99. The van der Waals surface area contributed by atoms with Gasteiger partial charge in [0.2, 0.25) is 5.91 Å². The first-order chi connectivity index (χ1) is 10.3.